The summed E-state index contributed by atoms with van der Waals surface area (Å²) < 4.78 is 5.75. The predicted octanol–water partition coefficient (Wildman–Crippen LogP) is 1.44. The van der Waals surface area contributed by atoms with Crippen LogP contribution in [0.5, 0.6) is 0 Å². The lowest BCUT2D eigenvalue weighted by Gasteiger charge is -2.43. The number of hydrogen-bond acceptors (Lipinski definition) is 7. The molecule has 6 atom stereocenters. The van der Waals surface area contributed by atoms with Crippen LogP contribution in [0, 0.1) is 6.92 Å². The van der Waals surface area contributed by atoms with E-state index in [0.29, 0.717) is 5.92 Å². The zero-order valence-electron chi connectivity index (χ0n) is 16.9. The van der Waals surface area contributed by atoms with Crippen LogP contribution in [-0.2, 0) is 4.74 Å². The van der Waals surface area contributed by atoms with Gasteiger partial charge in [-0.1, -0.05) is 18.2 Å². The van der Waals surface area contributed by atoms with E-state index in [0.717, 1.165) is 28.1 Å². The molecule has 2 fully saturated rings. The van der Waals surface area contributed by atoms with Crippen molar-refractivity contribution in [2.45, 2.75) is 62.1 Å². The van der Waals surface area contributed by atoms with Gasteiger partial charge < -0.3 is 25.2 Å². The van der Waals surface area contributed by atoms with Crippen molar-refractivity contribution in [1.29, 1.82) is 0 Å². The van der Waals surface area contributed by atoms with Gasteiger partial charge in [0, 0.05) is 23.6 Å². The third-order valence-electron chi connectivity index (χ3n) is 6.13. The van der Waals surface area contributed by atoms with E-state index in [4.69, 9.17) is 4.74 Å². The van der Waals surface area contributed by atoms with Gasteiger partial charge in [-0.2, -0.15) is 0 Å². The smallest absolute Gasteiger partial charge is 0.111 e. The Morgan fingerprint density at radius 1 is 1.13 bits per heavy atom. The molecule has 160 valence electrons. The maximum absolute atomic E-state index is 10.5. The van der Waals surface area contributed by atoms with Crippen LogP contribution in [-0.4, -0.2) is 67.5 Å². The molecule has 7 nitrogen and oxygen atoms in total. The molecule has 4 rings (SSSR count). The molecule has 0 amide bonds. The maximum Gasteiger partial charge on any atom is 0.111 e. The van der Waals surface area contributed by atoms with Crippen molar-refractivity contribution < 1.29 is 25.2 Å². The molecule has 7 heteroatoms. The molecule has 0 bridgehead atoms. The van der Waals surface area contributed by atoms with Gasteiger partial charge >= 0.3 is 0 Å². The lowest BCUT2D eigenvalue weighted by molar-refractivity contribution is -0.231. The zero-order valence-corrected chi connectivity index (χ0v) is 16.9. The number of benzene rings is 1. The summed E-state index contributed by atoms with van der Waals surface area (Å²) in [6.45, 7) is 5.37. The van der Waals surface area contributed by atoms with Crippen molar-refractivity contribution >= 4 is 0 Å². The van der Waals surface area contributed by atoms with Crippen LogP contribution < -0.4 is 0 Å². The van der Waals surface area contributed by atoms with E-state index < -0.39 is 43.0 Å². The number of aliphatic hydroxyl groups excluding tert-OH is 4. The number of ether oxygens (including phenoxy) is 1. The third-order valence-corrected chi connectivity index (χ3v) is 6.13. The van der Waals surface area contributed by atoms with Gasteiger partial charge in [0.25, 0.3) is 0 Å². The number of nitrogens with zero attached hydrogens (tertiary/aromatic N) is 2. The van der Waals surface area contributed by atoms with Crippen LogP contribution in [0.1, 0.15) is 41.5 Å². The maximum atomic E-state index is 10.5. The molecule has 0 spiro atoms. The molecule has 4 N–H and O–H groups in total. The lowest BCUT2D eigenvalue weighted by Crippen LogP contribution is -2.59. The summed E-state index contributed by atoms with van der Waals surface area (Å²) in [4.78, 5) is 9.08. The Hall–Kier alpha value is -2.16. The minimum absolute atomic E-state index is 0.437. The summed E-state index contributed by atoms with van der Waals surface area (Å²) in [7, 11) is 0. The molecule has 0 unspecified atom stereocenters. The fourth-order valence-electron chi connectivity index (χ4n) is 4.15. The lowest BCUT2D eigenvalue weighted by atomic mass is 9.82. The number of hydrogen-bond donors (Lipinski definition) is 4. The van der Waals surface area contributed by atoms with Crippen LogP contribution in [0.15, 0.2) is 43.2 Å². The summed E-state index contributed by atoms with van der Waals surface area (Å²) in [5.74, 6) is 0.121. The number of aromatic nitrogens is 2. The van der Waals surface area contributed by atoms with E-state index in [1.807, 2.05) is 31.3 Å². The summed E-state index contributed by atoms with van der Waals surface area (Å²) >= 11 is 0. The van der Waals surface area contributed by atoms with E-state index in [-0.39, 0.29) is 0 Å². The van der Waals surface area contributed by atoms with Gasteiger partial charge in [0.15, 0.2) is 0 Å². The third kappa shape index (κ3) is 3.91. The predicted molar refractivity (Wildman–Crippen MR) is 111 cm³/mol. The molecular weight excluding hydrogens is 384 g/mol. The Bertz CT molecular complexity index is 897. The van der Waals surface area contributed by atoms with Gasteiger partial charge in [-0.25, -0.2) is 0 Å². The second-order valence-electron chi connectivity index (χ2n) is 8.23. The highest BCUT2D eigenvalue weighted by atomic mass is 16.5. The van der Waals surface area contributed by atoms with E-state index in [2.05, 4.69) is 16.5 Å². The average Bonchev–Trinajstić information content (AvgIpc) is 3.60. The highest BCUT2D eigenvalue weighted by molar-refractivity contribution is 5.60. The molecule has 30 heavy (non-hydrogen) atoms. The summed E-state index contributed by atoms with van der Waals surface area (Å²) in [5, 5.41) is 40.2. The first kappa shape index (κ1) is 21.1. The van der Waals surface area contributed by atoms with Gasteiger partial charge in [-0.05, 0) is 37.0 Å². The quantitative estimate of drug-likeness (QED) is 0.531. The molecule has 1 saturated heterocycles. The van der Waals surface area contributed by atoms with Crippen LogP contribution in [0.2, 0.25) is 0 Å². The van der Waals surface area contributed by atoms with Crippen LogP contribution in [0.3, 0.4) is 0 Å². The summed E-state index contributed by atoms with van der Waals surface area (Å²) in [6.07, 6.45) is 1.75. The van der Waals surface area contributed by atoms with E-state index in [1.54, 1.807) is 12.3 Å². The molecule has 1 aliphatic heterocycles. The fraction of sp³-hybridized carbons (Fsp3) is 0.478. The molecule has 2 heterocycles. The van der Waals surface area contributed by atoms with Gasteiger partial charge in [0.05, 0.1) is 30.3 Å². The van der Waals surface area contributed by atoms with Crippen molar-refractivity contribution in [2.24, 2.45) is 0 Å². The Labute approximate surface area is 175 Å². The van der Waals surface area contributed by atoms with Gasteiger partial charge in [0.2, 0.25) is 0 Å². The van der Waals surface area contributed by atoms with Crippen molar-refractivity contribution in [3.63, 3.8) is 0 Å². The topological polar surface area (TPSA) is 116 Å². The van der Waals surface area contributed by atoms with Gasteiger partial charge in [-0.15, -0.1) is 6.58 Å². The largest absolute Gasteiger partial charge is 0.394 e. The van der Waals surface area contributed by atoms with Crippen LogP contribution >= 0.6 is 0 Å². The summed E-state index contributed by atoms with van der Waals surface area (Å²) in [6, 6.07) is 5.86. The first-order chi connectivity index (χ1) is 14.4. The van der Waals surface area contributed by atoms with E-state index in [9.17, 15) is 20.4 Å². The monoisotopic (exact) mass is 412 g/mol. The second-order valence-corrected chi connectivity index (χ2v) is 8.23. The minimum atomic E-state index is -1.41. The van der Waals surface area contributed by atoms with E-state index in [1.165, 1.54) is 12.8 Å². The van der Waals surface area contributed by atoms with Crippen molar-refractivity contribution in [3.05, 3.63) is 60.1 Å². The molecule has 2 aliphatic rings. The van der Waals surface area contributed by atoms with Crippen LogP contribution in [0.25, 0.3) is 11.3 Å². The minimum Gasteiger partial charge on any atom is -0.394 e. The first-order valence-corrected chi connectivity index (χ1v) is 10.3. The molecule has 1 aliphatic carbocycles. The number of aliphatic hydroxyl groups is 4. The molecule has 1 aromatic heterocycles. The summed E-state index contributed by atoms with van der Waals surface area (Å²) in [5.41, 5.74) is 4.59. The normalized spacial score (nSPS) is 30.1. The number of rotatable bonds is 6. The zero-order chi connectivity index (χ0) is 21.4. The highest BCUT2D eigenvalue weighted by Gasteiger charge is 2.46. The molecule has 0 radical (unpaired) electrons. The molecule has 1 aromatic carbocycles. The molecule has 1 saturated carbocycles. The Kier molecular flexibility index (Phi) is 5.99. The van der Waals surface area contributed by atoms with Crippen molar-refractivity contribution in [3.8, 4) is 11.3 Å². The number of aryl methyl sites for hydroxylation is 1. The standard InChI is InChI=1S/C23H28N2O5/c1-3-15(23-22(29)21(28)20(27)19(11-26)30-23)16-7-6-14(8-12(16)2)18-10-24-17(9-25-18)13-4-5-13/h3,6-10,13,15,19-23,26-29H,1,4-5,11H2,2H3/t15-,19-,20-,21+,22+,23-/m1/s1. The van der Waals surface area contributed by atoms with Crippen molar-refractivity contribution in [1.82, 2.24) is 9.97 Å². The highest BCUT2D eigenvalue weighted by Crippen LogP contribution is 2.39. The van der Waals surface area contributed by atoms with Gasteiger partial charge in [0.1, 0.15) is 24.4 Å². The first-order valence-electron chi connectivity index (χ1n) is 10.3. The Morgan fingerprint density at radius 2 is 1.90 bits per heavy atom. The molecule has 2 aromatic rings. The molecular formula is C23H28N2O5. The average molecular weight is 412 g/mol. The second kappa shape index (κ2) is 8.53. The van der Waals surface area contributed by atoms with Crippen molar-refractivity contribution in [2.75, 3.05) is 6.61 Å². The Morgan fingerprint density at radius 3 is 2.47 bits per heavy atom. The SMILES string of the molecule is C=C[C@H](c1ccc(-c2cnc(C3CC3)cn2)cc1C)[C@H]1O[C@H](CO)[C@@H](O)[C@H](O)[C@@H]1O. The van der Waals surface area contributed by atoms with E-state index >= 15 is 0 Å². The van der Waals surface area contributed by atoms with Crippen LogP contribution in [0.4, 0.5) is 0 Å². The fourth-order valence-corrected chi connectivity index (χ4v) is 4.15. The Balaban J connectivity index is 1.59. The van der Waals surface area contributed by atoms with Gasteiger partial charge in [-0.3, -0.25) is 9.97 Å².